The van der Waals surface area contributed by atoms with Gasteiger partial charge in [0.1, 0.15) is 5.76 Å². The molecular weight excluding hydrogens is 603 g/mol. The van der Waals surface area contributed by atoms with E-state index in [-0.39, 0.29) is 18.2 Å². The van der Waals surface area contributed by atoms with E-state index in [1.54, 1.807) is 43.5 Å². The molecule has 2 aliphatic carbocycles. The van der Waals surface area contributed by atoms with Gasteiger partial charge < -0.3 is 39.2 Å². The highest BCUT2D eigenvalue weighted by Crippen LogP contribution is 2.65. The van der Waals surface area contributed by atoms with Crippen molar-refractivity contribution >= 4 is 17.9 Å². The van der Waals surface area contributed by atoms with E-state index < -0.39 is 53.4 Å². The maximum absolute atomic E-state index is 13.1. The topological polar surface area (TPSA) is 152 Å². The van der Waals surface area contributed by atoms with Crippen molar-refractivity contribution in [1.82, 2.24) is 4.90 Å². The van der Waals surface area contributed by atoms with Crippen LogP contribution in [0.25, 0.3) is 0 Å². The molecule has 0 aromatic heterocycles. The summed E-state index contributed by atoms with van der Waals surface area (Å²) >= 11 is 0. The fourth-order valence-electron chi connectivity index (χ4n) is 6.85. The number of ether oxygens (including phenoxy) is 4. The van der Waals surface area contributed by atoms with Crippen LogP contribution in [0.2, 0.25) is 0 Å². The fraction of sp³-hybridized carbons (Fsp3) is 0.452. The van der Waals surface area contributed by atoms with E-state index in [0.29, 0.717) is 29.9 Å². The number of methoxy groups -OCH3 is 1. The first-order chi connectivity index (χ1) is 21.2. The van der Waals surface area contributed by atoms with E-state index in [2.05, 4.69) is 4.90 Å². The van der Waals surface area contributed by atoms with E-state index in [1.807, 2.05) is 19.2 Å². The summed E-state index contributed by atoms with van der Waals surface area (Å²) in [4.78, 5) is 36.7. The van der Waals surface area contributed by atoms with Gasteiger partial charge in [0, 0.05) is 18.0 Å². The highest BCUT2D eigenvalue weighted by atomic mass is 19.4. The van der Waals surface area contributed by atoms with Crippen molar-refractivity contribution < 1.29 is 61.8 Å². The SMILES string of the molecule is COc1ccc2c3c1O[C@H]1C(OC(=O)C(C)OC(=O)[C@@H](O)c4ccccc4)=CC[C@@]4(O)[C@@H](C2)N(C)CC[C@]314.O=C(O)C(F)(F)F. The molecule has 242 valence electrons. The number of carboxylic acid groups (broad SMARTS) is 1. The van der Waals surface area contributed by atoms with E-state index in [4.69, 9.17) is 28.8 Å². The number of nitrogens with zero attached hydrogens (tertiary/aromatic N) is 1. The zero-order chi connectivity index (χ0) is 32.9. The molecule has 2 aliphatic heterocycles. The molecule has 1 spiro atoms. The summed E-state index contributed by atoms with van der Waals surface area (Å²) in [7, 11) is 3.60. The maximum Gasteiger partial charge on any atom is 0.490 e. The third-order valence-electron chi connectivity index (χ3n) is 8.98. The highest BCUT2D eigenvalue weighted by molar-refractivity contribution is 5.82. The third-order valence-corrected chi connectivity index (χ3v) is 8.98. The van der Waals surface area contributed by atoms with Gasteiger partial charge in [-0.2, -0.15) is 13.2 Å². The summed E-state index contributed by atoms with van der Waals surface area (Å²) in [5.41, 5.74) is 0.455. The Morgan fingerprint density at radius 1 is 1.11 bits per heavy atom. The van der Waals surface area contributed by atoms with Crippen molar-refractivity contribution in [2.75, 3.05) is 20.7 Å². The van der Waals surface area contributed by atoms with Gasteiger partial charge in [-0.05, 0) is 56.6 Å². The summed E-state index contributed by atoms with van der Waals surface area (Å²) in [5.74, 6) is -3.08. The monoisotopic (exact) mass is 635 g/mol. The molecular formula is C31H32F3NO10. The molecule has 2 aromatic carbocycles. The summed E-state index contributed by atoms with van der Waals surface area (Å²) in [6.07, 6.45) is -5.35. The molecule has 45 heavy (non-hydrogen) atoms. The van der Waals surface area contributed by atoms with E-state index in [0.717, 1.165) is 17.7 Å². The number of benzene rings is 2. The van der Waals surface area contributed by atoms with Crippen molar-refractivity contribution in [3.8, 4) is 11.5 Å². The molecule has 1 fully saturated rings. The van der Waals surface area contributed by atoms with Crippen LogP contribution in [-0.4, -0.2) is 88.9 Å². The number of aliphatic hydroxyl groups is 2. The number of rotatable bonds is 6. The number of halogens is 3. The molecule has 2 aromatic rings. The van der Waals surface area contributed by atoms with Crippen LogP contribution in [-0.2, 0) is 35.7 Å². The predicted molar refractivity (Wildman–Crippen MR) is 148 cm³/mol. The molecule has 2 bridgehead atoms. The summed E-state index contributed by atoms with van der Waals surface area (Å²) in [5, 5.41) is 29.7. The van der Waals surface area contributed by atoms with Crippen LogP contribution in [0.4, 0.5) is 13.2 Å². The van der Waals surface area contributed by atoms with Crippen LogP contribution in [0, 0.1) is 0 Å². The minimum atomic E-state index is -5.08. The van der Waals surface area contributed by atoms with Gasteiger partial charge in [-0.3, -0.25) is 0 Å². The van der Waals surface area contributed by atoms with Gasteiger partial charge in [0.15, 0.2) is 29.8 Å². The number of carboxylic acids is 1. The standard InChI is InChI=1S/C29H31NO8.C2HF3O2/c1-16(36-27(33)23(31)17-7-5-4-6-8-17)26(32)37-20-11-12-29(34)21-15-18-9-10-19(35-3)24-22(18)28(29,25(20)38-24)13-14-30(21)2;3-2(4,5)1(6)7/h4-11,16,21,23,25,31,34H,12-15H2,1-3H3;(H,6,7)/t16?,21-,23+,25+,28+,29-;/m1./s1. The van der Waals surface area contributed by atoms with Gasteiger partial charge in [0.25, 0.3) is 0 Å². The van der Waals surface area contributed by atoms with Gasteiger partial charge in [-0.25, -0.2) is 14.4 Å². The second-order valence-corrected chi connectivity index (χ2v) is 11.4. The van der Waals surface area contributed by atoms with Crippen molar-refractivity contribution in [2.45, 2.75) is 67.7 Å². The Kier molecular flexibility index (Phi) is 8.36. The average Bonchev–Trinajstić information content (AvgIpc) is 3.36. The maximum atomic E-state index is 13.1. The number of alkyl halides is 3. The van der Waals surface area contributed by atoms with Gasteiger partial charge in [0.05, 0.1) is 18.1 Å². The van der Waals surface area contributed by atoms with Crippen LogP contribution >= 0.6 is 0 Å². The molecule has 2 heterocycles. The average molecular weight is 636 g/mol. The number of carbonyl (C=O) groups excluding carboxylic acids is 2. The van der Waals surface area contributed by atoms with Crippen molar-refractivity contribution in [2.24, 2.45) is 0 Å². The quantitative estimate of drug-likeness (QED) is 0.402. The number of likely N-dealkylation sites (tertiary alicyclic amines) is 1. The molecule has 0 radical (unpaired) electrons. The largest absolute Gasteiger partial charge is 0.493 e. The lowest BCUT2D eigenvalue weighted by atomic mass is 9.50. The molecule has 14 heteroatoms. The summed E-state index contributed by atoms with van der Waals surface area (Å²) in [6.45, 7) is 2.14. The molecule has 6 atom stereocenters. The van der Waals surface area contributed by atoms with E-state index >= 15 is 0 Å². The number of hydrogen-bond donors (Lipinski definition) is 3. The van der Waals surface area contributed by atoms with Gasteiger partial charge in [-0.1, -0.05) is 36.4 Å². The third kappa shape index (κ3) is 5.30. The Morgan fingerprint density at radius 3 is 2.40 bits per heavy atom. The normalized spacial score (nSPS) is 27.3. The molecule has 0 saturated carbocycles. The smallest absolute Gasteiger partial charge is 0.490 e. The minimum Gasteiger partial charge on any atom is -0.493 e. The predicted octanol–water partition coefficient (Wildman–Crippen LogP) is 2.81. The van der Waals surface area contributed by atoms with Crippen LogP contribution in [0.3, 0.4) is 0 Å². The molecule has 1 saturated heterocycles. The number of piperidine rings is 1. The number of aliphatic hydroxyl groups excluding tert-OH is 1. The van der Waals surface area contributed by atoms with E-state index in [9.17, 15) is 33.0 Å². The Labute approximate surface area is 255 Å². The first-order valence-corrected chi connectivity index (χ1v) is 14.1. The Hall–Kier alpha value is -4.14. The lowest BCUT2D eigenvalue weighted by Crippen LogP contribution is -2.74. The lowest BCUT2D eigenvalue weighted by Gasteiger charge is -2.61. The minimum absolute atomic E-state index is 0.123. The highest BCUT2D eigenvalue weighted by Gasteiger charge is 2.72. The molecule has 1 unspecified atom stereocenters. The van der Waals surface area contributed by atoms with Gasteiger partial charge in [0.2, 0.25) is 0 Å². The Morgan fingerprint density at radius 2 is 1.78 bits per heavy atom. The second kappa shape index (κ2) is 11.7. The molecule has 4 aliphatic rings. The summed E-state index contributed by atoms with van der Waals surface area (Å²) in [6, 6.07) is 12.1. The van der Waals surface area contributed by atoms with Gasteiger partial charge >= 0.3 is 24.1 Å². The number of aliphatic carboxylic acids is 1. The van der Waals surface area contributed by atoms with Crippen molar-refractivity contribution in [1.29, 1.82) is 0 Å². The first-order valence-electron chi connectivity index (χ1n) is 14.1. The second-order valence-electron chi connectivity index (χ2n) is 11.4. The number of carbonyl (C=O) groups is 3. The Balaban J connectivity index is 0.000000515. The van der Waals surface area contributed by atoms with Gasteiger partial charge in [-0.15, -0.1) is 0 Å². The van der Waals surface area contributed by atoms with Crippen LogP contribution in [0.5, 0.6) is 11.5 Å². The van der Waals surface area contributed by atoms with Crippen molar-refractivity contribution in [3.63, 3.8) is 0 Å². The molecule has 3 N–H and O–H groups in total. The molecule has 0 amide bonds. The van der Waals surface area contributed by atoms with Crippen LogP contribution in [0.15, 0.2) is 54.3 Å². The Bertz CT molecular complexity index is 1530. The van der Waals surface area contributed by atoms with E-state index in [1.165, 1.54) is 6.92 Å². The fourth-order valence-corrected chi connectivity index (χ4v) is 6.85. The number of esters is 2. The lowest BCUT2D eigenvalue weighted by molar-refractivity contribution is -0.192. The zero-order valence-corrected chi connectivity index (χ0v) is 24.5. The van der Waals surface area contributed by atoms with Crippen LogP contribution < -0.4 is 9.47 Å². The van der Waals surface area contributed by atoms with Crippen molar-refractivity contribution in [3.05, 3.63) is 71.0 Å². The summed E-state index contributed by atoms with van der Waals surface area (Å²) < 4.78 is 54.8. The zero-order valence-electron chi connectivity index (χ0n) is 24.5. The molecule has 6 rings (SSSR count). The van der Waals surface area contributed by atoms with Crippen LogP contribution in [0.1, 0.15) is 42.6 Å². The number of likely N-dealkylation sites (N-methyl/N-ethyl adjacent to an activating group) is 1. The first kappa shape index (κ1) is 32.3. The molecule has 11 nitrogen and oxygen atoms in total. The number of hydrogen-bond acceptors (Lipinski definition) is 10.